The molecular formula is C15H19N5O. The van der Waals surface area contributed by atoms with E-state index in [1.54, 1.807) is 6.33 Å². The highest BCUT2D eigenvalue weighted by atomic mass is 16.2. The van der Waals surface area contributed by atoms with E-state index in [-0.39, 0.29) is 17.9 Å². The molecule has 1 fully saturated rings. The first-order valence-electron chi connectivity index (χ1n) is 7.14. The summed E-state index contributed by atoms with van der Waals surface area (Å²) in [5.74, 6) is 0.808. The van der Waals surface area contributed by atoms with E-state index >= 15 is 0 Å². The number of carbonyl (C=O) groups is 1. The predicted molar refractivity (Wildman–Crippen MR) is 80.6 cm³/mol. The molecule has 0 spiro atoms. The molecule has 110 valence electrons. The second-order valence-corrected chi connectivity index (χ2v) is 5.44. The minimum atomic E-state index is 0.0116. The summed E-state index contributed by atoms with van der Waals surface area (Å²) in [6.07, 6.45) is 2.52. The lowest BCUT2D eigenvalue weighted by Crippen LogP contribution is -2.32. The Morgan fingerprint density at radius 3 is 2.90 bits per heavy atom. The molecule has 0 bridgehead atoms. The van der Waals surface area contributed by atoms with Crippen molar-refractivity contribution in [2.75, 3.05) is 11.9 Å². The molecule has 6 heteroatoms. The number of aryl methyl sites for hydroxylation is 1. The van der Waals surface area contributed by atoms with Gasteiger partial charge in [-0.2, -0.15) is 0 Å². The molecule has 2 atom stereocenters. The van der Waals surface area contributed by atoms with Gasteiger partial charge in [0.25, 0.3) is 0 Å². The summed E-state index contributed by atoms with van der Waals surface area (Å²) in [4.78, 5) is 12.4. The summed E-state index contributed by atoms with van der Waals surface area (Å²) in [6.45, 7) is 2.94. The van der Waals surface area contributed by atoms with E-state index in [1.165, 1.54) is 0 Å². The van der Waals surface area contributed by atoms with Crippen molar-refractivity contribution in [1.82, 2.24) is 20.1 Å². The Labute approximate surface area is 123 Å². The average Bonchev–Trinajstić information content (AvgIpc) is 3.08. The Balaban J connectivity index is 1.86. The van der Waals surface area contributed by atoms with E-state index in [0.29, 0.717) is 0 Å². The standard InChI is InChI=1S/C15H19N5O/c1-10-11(7-8-16-10)15(21)18-13-6-4-3-5-12(13)14-19-17-9-20(14)2/h3-6,9-11,16H,7-8H2,1-2H3,(H,18,21). The number of rotatable bonds is 3. The Morgan fingerprint density at radius 1 is 1.43 bits per heavy atom. The summed E-state index contributed by atoms with van der Waals surface area (Å²) >= 11 is 0. The van der Waals surface area contributed by atoms with E-state index < -0.39 is 0 Å². The molecule has 1 saturated heterocycles. The molecule has 2 heterocycles. The second kappa shape index (κ2) is 5.65. The van der Waals surface area contributed by atoms with Crippen LogP contribution in [0, 0.1) is 5.92 Å². The molecule has 1 aliphatic rings. The largest absolute Gasteiger partial charge is 0.325 e. The van der Waals surface area contributed by atoms with Crippen molar-refractivity contribution in [3.8, 4) is 11.4 Å². The van der Waals surface area contributed by atoms with E-state index in [2.05, 4.69) is 20.8 Å². The van der Waals surface area contributed by atoms with E-state index in [4.69, 9.17) is 0 Å². The predicted octanol–water partition coefficient (Wildman–Crippen LogP) is 1.42. The van der Waals surface area contributed by atoms with Crippen molar-refractivity contribution in [3.63, 3.8) is 0 Å². The number of benzene rings is 1. The monoisotopic (exact) mass is 285 g/mol. The summed E-state index contributed by atoms with van der Waals surface area (Å²) in [6, 6.07) is 7.89. The van der Waals surface area contributed by atoms with Crippen LogP contribution in [-0.2, 0) is 11.8 Å². The lowest BCUT2D eigenvalue weighted by Gasteiger charge is -2.16. The lowest BCUT2D eigenvalue weighted by atomic mass is 10.0. The molecule has 21 heavy (non-hydrogen) atoms. The summed E-state index contributed by atoms with van der Waals surface area (Å²) < 4.78 is 1.84. The Bertz CT molecular complexity index is 651. The third kappa shape index (κ3) is 2.67. The van der Waals surface area contributed by atoms with Crippen LogP contribution >= 0.6 is 0 Å². The number of para-hydroxylation sites is 1. The fourth-order valence-electron chi connectivity index (χ4n) is 2.76. The molecule has 6 nitrogen and oxygen atoms in total. The maximum atomic E-state index is 12.4. The Morgan fingerprint density at radius 2 is 2.24 bits per heavy atom. The van der Waals surface area contributed by atoms with Gasteiger partial charge in [0, 0.05) is 18.7 Å². The van der Waals surface area contributed by atoms with Gasteiger partial charge >= 0.3 is 0 Å². The van der Waals surface area contributed by atoms with Crippen LogP contribution in [0.25, 0.3) is 11.4 Å². The highest BCUT2D eigenvalue weighted by Crippen LogP contribution is 2.27. The SMILES string of the molecule is CC1NCCC1C(=O)Nc1ccccc1-c1nncn1C. The molecule has 2 N–H and O–H groups in total. The number of nitrogens with zero attached hydrogens (tertiary/aromatic N) is 3. The first-order chi connectivity index (χ1) is 10.2. The molecule has 1 aliphatic heterocycles. The second-order valence-electron chi connectivity index (χ2n) is 5.44. The number of amides is 1. The van der Waals surface area contributed by atoms with Crippen molar-refractivity contribution in [1.29, 1.82) is 0 Å². The molecule has 0 radical (unpaired) electrons. The van der Waals surface area contributed by atoms with Gasteiger partial charge in [-0.05, 0) is 32.0 Å². The van der Waals surface area contributed by atoms with Gasteiger partial charge in [-0.15, -0.1) is 10.2 Å². The van der Waals surface area contributed by atoms with Crippen LogP contribution in [-0.4, -0.2) is 33.3 Å². The van der Waals surface area contributed by atoms with Crippen LogP contribution in [0.2, 0.25) is 0 Å². The third-order valence-electron chi connectivity index (χ3n) is 4.00. The van der Waals surface area contributed by atoms with Gasteiger partial charge in [0.05, 0.1) is 11.6 Å². The van der Waals surface area contributed by atoms with Gasteiger partial charge in [0.15, 0.2) is 5.82 Å². The van der Waals surface area contributed by atoms with Crippen LogP contribution < -0.4 is 10.6 Å². The zero-order chi connectivity index (χ0) is 14.8. The summed E-state index contributed by atoms with van der Waals surface area (Å²) in [7, 11) is 1.89. The first kappa shape index (κ1) is 13.8. The molecule has 0 saturated carbocycles. The zero-order valence-corrected chi connectivity index (χ0v) is 12.2. The summed E-state index contributed by atoms with van der Waals surface area (Å²) in [5, 5.41) is 14.4. The van der Waals surface area contributed by atoms with E-state index in [9.17, 15) is 4.79 Å². The minimum absolute atomic E-state index is 0.0116. The van der Waals surface area contributed by atoms with Crippen molar-refractivity contribution in [3.05, 3.63) is 30.6 Å². The number of hydrogen-bond acceptors (Lipinski definition) is 4. The lowest BCUT2D eigenvalue weighted by molar-refractivity contribution is -0.119. The van der Waals surface area contributed by atoms with Gasteiger partial charge in [0.2, 0.25) is 5.91 Å². The number of aromatic nitrogens is 3. The highest BCUT2D eigenvalue weighted by Gasteiger charge is 2.29. The van der Waals surface area contributed by atoms with Crippen LogP contribution in [0.3, 0.4) is 0 Å². The average molecular weight is 285 g/mol. The molecule has 1 amide bonds. The van der Waals surface area contributed by atoms with Gasteiger partial charge in [0.1, 0.15) is 6.33 Å². The normalized spacial score (nSPS) is 21.4. The molecule has 1 aromatic carbocycles. The van der Waals surface area contributed by atoms with Crippen molar-refractivity contribution < 1.29 is 4.79 Å². The topological polar surface area (TPSA) is 71.8 Å². The number of nitrogens with one attached hydrogen (secondary N) is 2. The molecule has 2 unspecified atom stereocenters. The fraction of sp³-hybridized carbons (Fsp3) is 0.400. The van der Waals surface area contributed by atoms with Crippen molar-refractivity contribution in [2.24, 2.45) is 13.0 Å². The minimum Gasteiger partial charge on any atom is -0.325 e. The van der Waals surface area contributed by atoms with Crippen LogP contribution in [0.5, 0.6) is 0 Å². The smallest absolute Gasteiger partial charge is 0.229 e. The maximum absolute atomic E-state index is 12.4. The Hall–Kier alpha value is -2.21. The molecular weight excluding hydrogens is 266 g/mol. The fourth-order valence-corrected chi connectivity index (χ4v) is 2.76. The van der Waals surface area contributed by atoms with Crippen molar-refractivity contribution >= 4 is 11.6 Å². The molecule has 2 aromatic rings. The maximum Gasteiger partial charge on any atom is 0.229 e. The first-order valence-corrected chi connectivity index (χ1v) is 7.14. The van der Waals surface area contributed by atoms with Gasteiger partial charge in [-0.1, -0.05) is 12.1 Å². The van der Waals surface area contributed by atoms with Crippen LogP contribution in [0.15, 0.2) is 30.6 Å². The van der Waals surface area contributed by atoms with E-state index in [0.717, 1.165) is 30.0 Å². The number of hydrogen-bond donors (Lipinski definition) is 2. The zero-order valence-electron chi connectivity index (χ0n) is 12.2. The number of carbonyl (C=O) groups excluding carboxylic acids is 1. The molecule has 0 aliphatic carbocycles. The number of anilines is 1. The van der Waals surface area contributed by atoms with E-state index in [1.807, 2.05) is 42.8 Å². The highest BCUT2D eigenvalue weighted by molar-refractivity contribution is 5.96. The van der Waals surface area contributed by atoms with Gasteiger partial charge in [-0.25, -0.2) is 0 Å². The van der Waals surface area contributed by atoms with Crippen molar-refractivity contribution in [2.45, 2.75) is 19.4 Å². The third-order valence-corrected chi connectivity index (χ3v) is 4.00. The van der Waals surface area contributed by atoms with Gasteiger partial charge < -0.3 is 15.2 Å². The van der Waals surface area contributed by atoms with Crippen LogP contribution in [0.1, 0.15) is 13.3 Å². The van der Waals surface area contributed by atoms with Crippen LogP contribution in [0.4, 0.5) is 5.69 Å². The Kier molecular flexibility index (Phi) is 3.70. The molecule has 1 aromatic heterocycles. The molecule has 3 rings (SSSR count). The quantitative estimate of drug-likeness (QED) is 0.894. The summed E-state index contributed by atoms with van der Waals surface area (Å²) in [5.41, 5.74) is 1.65. The van der Waals surface area contributed by atoms with Gasteiger partial charge in [-0.3, -0.25) is 4.79 Å².